The van der Waals surface area contributed by atoms with Gasteiger partial charge >= 0.3 is 0 Å². The molecule has 0 bridgehead atoms. The first-order valence-electron chi connectivity index (χ1n) is 9.55. The van der Waals surface area contributed by atoms with Crippen molar-refractivity contribution in [3.05, 3.63) is 70.9 Å². The Morgan fingerprint density at radius 2 is 2.07 bits per heavy atom. The van der Waals surface area contributed by atoms with Gasteiger partial charge in [0.1, 0.15) is 0 Å². The summed E-state index contributed by atoms with van der Waals surface area (Å²) in [5.41, 5.74) is 7.38. The first-order chi connectivity index (χ1) is 13.1. The van der Waals surface area contributed by atoms with Crippen LogP contribution in [-0.2, 0) is 11.3 Å². The number of carbonyl (C=O) groups excluding carboxylic acids is 1. The average Bonchev–Trinajstić information content (AvgIpc) is 3.36. The van der Waals surface area contributed by atoms with E-state index in [-0.39, 0.29) is 24.4 Å². The Morgan fingerprint density at radius 1 is 1.32 bits per heavy atom. The molecule has 1 aromatic heterocycles. The summed E-state index contributed by atoms with van der Waals surface area (Å²) in [4.78, 5) is 18.6. The van der Waals surface area contributed by atoms with Crippen molar-refractivity contribution in [1.29, 1.82) is 0 Å². The Hall–Kier alpha value is -1.66. The second kappa shape index (κ2) is 10.8. The molecule has 6 heteroatoms. The number of hydrogen-bond acceptors (Lipinski definition) is 4. The molecule has 3 rings (SSSR count). The Morgan fingerprint density at radius 3 is 2.68 bits per heavy atom. The van der Waals surface area contributed by atoms with Gasteiger partial charge in [-0.15, -0.1) is 30.3 Å². The minimum Gasteiger partial charge on any atom is -0.332 e. The first-order valence-corrected chi connectivity index (χ1v) is 10.4. The van der Waals surface area contributed by atoms with Gasteiger partial charge in [0.2, 0.25) is 5.91 Å². The minimum absolute atomic E-state index is 0. The van der Waals surface area contributed by atoms with Gasteiger partial charge in [0.25, 0.3) is 0 Å². The normalized spacial score (nSPS) is 20.4. The molecule has 0 saturated carbocycles. The number of nitrogens with two attached hydrogens (primary N) is 1. The number of thiophene rings is 1. The topological polar surface area (TPSA) is 49.6 Å². The van der Waals surface area contributed by atoms with Crippen molar-refractivity contribution in [1.82, 2.24) is 9.80 Å². The number of hydrogen-bond donors (Lipinski definition) is 1. The number of carbonyl (C=O) groups is 1. The summed E-state index contributed by atoms with van der Waals surface area (Å²) < 4.78 is 0. The fraction of sp³-hybridized carbons (Fsp3) is 0.409. The zero-order valence-corrected chi connectivity index (χ0v) is 18.0. The highest BCUT2D eigenvalue weighted by Crippen LogP contribution is 2.33. The standard InChI is InChI=1S/C22H29N3OS.ClH/c1-3-11-24(15-20-10-7-12-27-20)22(26)17(2)25-14-19(13-23)21(16-25)18-8-5-4-6-9-18;/h3-10,12,17,19,21H,1,11,13-16,23H2,2H3;1H/t17?,19-,21+;/m1./s1. The molecule has 1 saturated heterocycles. The van der Waals surface area contributed by atoms with Gasteiger partial charge in [0, 0.05) is 30.4 Å². The Labute approximate surface area is 178 Å². The molecule has 1 fully saturated rings. The minimum atomic E-state index is -0.160. The second-order valence-electron chi connectivity index (χ2n) is 7.23. The van der Waals surface area contributed by atoms with Crippen molar-refractivity contribution < 1.29 is 4.79 Å². The Balaban J connectivity index is 0.00000280. The molecule has 2 aromatic rings. The maximum atomic E-state index is 13.2. The van der Waals surface area contributed by atoms with Crippen LogP contribution in [0.15, 0.2) is 60.5 Å². The molecular weight excluding hydrogens is 390 g/mol. The van der Waals surface area contributed by atoms with Crippen LogP contribution in [0.2, 0.25) is 0 Å². The molecular formula is C22H30ClN3OS. The van der Waals surface area contributed by atoms with Crippen molar-refractivity contribution in [2.45, 2.75) is 25.4 Å². The molecule has 0 radical (unpaired) electrons. The number of nitrogens with zero attached hydrogens (tertiary/aromatic N) is 2. The van der Waals surface area contributed by atoms with E-state index in [0.29, 0.717) is 31.5 Å². The number of halogens is 1. The van der Waals surface area contributed by atoms with Crippen molar-refractivity contribution >= 4 is 29.7 Å². The van der Waals surface area contributed by atoms with Crippen molar-refractivity contribution in [3.63, 3.8) is 0 Å². The zero-order valence-electron chi connectivity index (χ0n) is 16.4. The van der Waals surface area contributed by atoms with Crippen LogP contribution in [0.5, 0.6) is 0 Å². The molecule has 1 aliphatic heterocycles. The van der Waals surface area contributed by atoms with E-state index in [9.17, 15) is 4.79 Å². The third kappa shape index (κ3) is 5.23. The number of likely N-dealkylation sites (tertiary alicyclic amines) is 1. The third-order valence-electron chi connectivity index (χ3n) is 5.49. The summed E-state index contributed by atoms with van der Waals surface area (Å²) in [6, 6.07) is 14.5. The molecule has 2 heterocycles. The molecule has 152 valence electrons. The average molecular weight is 420 g/mol. The largest absolute Gasteiger partial charge is 0.332 e. The molecule has 3 atom stereocenters. The molecule has 1 aromatic carbocycles. The van der Waals surface area contributed by atoms with Crippen LogP contribution in [-0.4, -0.2) is 47.9 Å². The maximum absolute atomic E-state index is 13.2. The van der Waals surface area contributed by atoms with Crippen molar-refractivity contribution in [3.8, 4) is 0 Å². The van der Waals surface area contributed by atoms with E-state index in [4.69, 9.17) is 5.73 Å². The SMILES string of the molecule is C=CCN(Cc1cccs1)C(=O)C(C)N1C[C@@H](CN)[C@H](c2ccccc2)C1.Cl. The highest BCUT2D eigenvalue weighted by Gasteiger charge is 2.37. The van der Waals surface area contributed by atoms with Crippen LogP contribution in [0.4, 0.5) is 0 Å². The van der Waals surface area contributed by atoms with Crippen LogP contribution < -0.4 is 5.73 Å². The van der Waals surface area contributed by atoms with E-state index >= 15 is 0 Å². The zero-order chi connectivity index (χ0) is 19.2. The molecule has 1 aliphatic rings. The molecule has 0 spiro atoms. The van der Waals surface area contributed by atoms with E-state index in [0.717, 1.165) is 13.1 Å². The summed E-state index contributed by atoms with van der Waals surface area (Å²) >= 11 is 1.68. The van der Waals surface area contributed by atoms with E-state index in [1.165, 1.54) is 10.4 Å². The Bertz CT molecular complexity index is 738. The summed E-state index contributed by atoms with van der Waals surface area (Å²) in [6.45, 7) is 9.44. The molecule has 2 N–H and O–H groups in total. The van der Waals surface area contributed by atoms with E-state index in [2.05, 4.69) is 41.8 Å². The smallest absolute Gasteiger partial charge is 0.240 e. The molecule has 1 unspecified atom stereocenters. The fourth-order valence-electron chi connectivity index (χ4n) is 3.94. The van der Waals surface area contributed by atoms with Gasteiger partial charge in [-0.05, 0) is 36.4 Å². The van der Waals surface area contributed by atoms with Crippen LogP contribution in [0.25, 0.3) is 0 Å². The lowest BCUT2D eigenvalue weighted by Gasteiger charge is -2.29. The summed E-state index contributed by atoms with van der Waals surface area (Å²) in [7, 11) is 0. The second-order valence-corrected chi connectivity index (χ2v) is 8.26. The highest BCUT2D eigenvalue weighted by molar-refractivity contribution is 7.09. The number of benzene rings is 1. The molecule has 4 nitrogen and oxygen atoms in total. The lowest BCUT2D eigenvalue weighted by molar-refractivity contribution is -0.136. The number of rotatable bonds is 8. The maximum Gasteiger partial charge on any atom is 0.240 e. The lowest BCUT2D eigenvalue weighted by Crippen LogP contribution is -2.46. The van der Waals surface area contributed by atoms with Crippen LogP contribution in [0, 0.1) is 5.92 Å². The predicted octanol–water partition coefficient (Wildman–Crippen LogP) is 3.75. The van der Waals surface area contributed by atoms with Crippen molar-refractivity contribution in [2.24, 2.45) is 11.7 Å². The first kappa shape index (κ1) is 22.6. The number of amides is 1. The van der Waals surface area contributed by atoms with E-state index in [1.54, 1.807) is 17.4 Å². The molecule has 0 aliphatic carbocycles. The van der Waals surface area contributed by atoms with Gasteiger partial charge in [-0.2, -0.15) is 0 Å². The summed E-state index contributed by atoms with van der Waals surface area (Å²) in [5, 5.41) is 2.05. The van der Waals surface area contributed by atoms with Crippen LogP contribution in [0.1, 0.15) is 23.3 Å². The lowest BCUT2D eigenvalue weighted by atomic mass is 9.89. The van der Waals surface area contributed by atoms with Gasteiger partial charge in [-0.3, -0.25) is 9.69 Å². The third-order valence-corrected chi connectivity index (χ3v) is 6.35. The van der Waals surface area contributed by atoms with Gasteiger partial charge in [-0.1, -0.05) is 42.5 Å². The predicted molar refractivity (Wildman–Crippen MR) is 120 cm³/mol. The van der Waals surface area contributed by atoms with Crippen molar-refractivity contribution in [2.75, 3.05) is 26.2 Å². The molecule has 28 heavy (non-hydrogen) atoms. The molecule has 1 amide bonds. The van der Waals surface area contributed by atoms with E-state index < -0.39 is 0 Å². The van der Waals surface area contributed by atoms with Gasteiger partial charge in [-0.25, -0.2) is 0 Å². The summed E-state index contributed by atoms with van der Waals surface area (Å²) in [5.74, 6) is 0.928. The highest BCUT2D eigenvalue weighted by atomic mass is 35.5. The summed E-state index contributed by atoms with van der Waals surface area (Å²) in [6.07, 6.45) is 1.80. The van der Waals surface area contributed by atoms with Crippen LogP contribution >= 0.6 is 23.7 Å². The quantitative estimate of drug-likeness (QED) is 0.663. The van der Waals surface area contributed by atoms with Crippen LogP contribution in [0.3, 0.4) is 0 Å². The van der Waals surface area contributed by atoms with E-state index in [1.807, 2.05) is 29.3 Å². The Kier molecular flexibility index (Phi) is 8.70. The van der Waals surface area contributed by atoms with Gasteiger partial charge in [0.05, 0.1) is 12.6 Å². The monoisotopic (exact) mass is 419 g/mol. The van der Waals surface area contributed by atoms with Gasteiger partial charge < -0.3 is 10.6 Å². The van der Waals surface area contributed by atoms with Gasteiger partial charge in [0.15, 0.2) is 0 Å². The fourth-order valence-corrected chi connectivity index (χ4v) is 4.66.